The Balaban J connectivity index is 1.69. The Bertz CT molecular complexity index is 648. The number of para-hydroxylation sites is 1. The summed E-state index contributed by atoms with van der Waals surface area (Å²) < 4.78 is 5.34. The number of hydrogen-bond donors (Lipinski definition) is 1. The first-order valence-electron chi connectivity index (χ1n) is 7.78. The first-order valence-corrected chi connectivity index (χ1v) is 7.78. The number of carbonyl (C=O) groups is 3. The van der Waals surface area contributed by atoms with Crippen molar-refractivity contribution in [3.8, 4) is 0 Å². The number of nitrogens with one attached hydrogen (secondary N) is 1. The molecule has 1 aliphatic carbocycles. The van der Waals surface area contributed by atoms with E-state index in [1.807, 2.05) is 0 Å². The summed E-state index contributed by atoms with van der Waals surface area (Å²) >= 11 is 0. The molecule has 120 valence electrons. The van der Waals surface area contributed by atoms with E-state index in [1.165, 1.54) is 0 Å². The minimum absolute atomic E-state index is 0.0559. The Kier molecular flexibility index (Phi) is 4.41. The van der Waals surface area contributed by atoms with Crippen molar-refractivity contribution in [2.45, 2.75) is 38.2 Å². The molecule has 1 heterocycles. The van der Waals surface area contributed by atoms with Crippen molar-refractivity contribution in [1.29, 1.82) is 0 Å². The average molecular weight is 314 g/mol. The molecule has 0 unspecified atom stereocenters. The predicted molar refractivity (Wildman–Crippen MR) is 83.5 cm³/mol. The predicted octanol–water partition coefficient (Wildman–Crippen LogP) is 2.50. The van der Waals surface area contributed by atoms with Gasteiger partial charge in [-0.1, -0.05) is 24.6 Å². The van der Waals surface area contributed by atoms with Gasteiger partial charge >= 0.3 is 12.0 Å². The number of esters is 1. The second kappa shape index (κ2) is 6.64. The zero-order chi connectivity index (χ0) is 16.2. The van der Waals surface area contributed by atoms with Crippen LogP contribution in [0.25, 0.3) is 0 Å². The van der Waals surface area contributed by atoms with E-state index in [0.717, 1.165) is 43.1 Å². The molecule has 23 heavy (non-hydrogen) atoms. The quantitative estimate of drug-likeness (QED) is 0.528. The maximum atomic E-state index is 12.3. The fourth-order valence-corrected chi connectivity index (χ4v) is 2.85. The normalized spacial score (nSPS) is 20.7. The first kappa shape index (κ1) is 15.3. The van der Waals surface area contributed by atoms with Crippen LogP contribution in [0.15, 0.2) is 42.1 Å². The van der Waals surface area contributed by atoms with Crippen LogP contribution in [-0.4, -0.2) is 24.0 Å². The number of amides is 3. The lowest BCUT2D eigenvalue weighted by Crippen LogP contribution is -2.30. The number of nitrogens with zero attached hydrogens (tertiary/aromatic N) is 1. The van der Waals surface area contributed by atoms with Gasteiger partial charge in [-0.15, -0.1) is 0 Å². The molecule has 0 atom stereocenters. The molecule has 0 radical (unpaired) electrons. The first-order chi connectivity index (χ1) is 11.1. The van der Waals surface area contributed by atoms with Crippen LogP contribution in [0.1, 0.15) is 32.1 Å². The monoisotopic (exact) mass is 314 g/mol. The molecule has 0 spiro atoms. The molecule has 1 aromatic carbocycles. The number of anilines is 1. The van der Waals surface area contributed by atoms with Gasteiger partial charge in [0.2, 0.25) is 0 Å². The van der Waals surface area contributed by atoms with E-state index in [0.29, 0.717) is 5.69 Å². The molecule has 0 bridgehead atoms. The van der Waals surface area contributed by atoms with Crippen molar-refractivity contribution in [2.75, 3.05) is 4.90 Å². The van der Waals surface area contributed by atoms with Crippen LogP contribution in [0, 0.1) is 0 Å². The lowest BCUT2D eigenvalue weighted by molar-refractivity contribution is -0.144. The summed E-state index contributed by atoms with van der Waals surface area (Å²) in [4.78, 5) is 37.2. The number of benzene rings is 1. The molecule has 2 aliphatic rings. The standard InChI is InChI=1S/C17H18N2O4/c20-15(23-13-9-5-2-6-10-13)11-14-16(21)19(17(22)18-14)12-7-3-1-4-8-12/h1,3-4,7-8,11,13H,2,5-6,9-10H2,(H,18,22)/b14-11-. The van der Waals surface area contributed by atoms with E-state index in [4.69, 9.17) is 4.74 Å². The highest BCUT2D eigenvalue weighted by atomic mass is 16.5. The van der Waals surface area contributed by atoms with Gasteiger partial charge in [0.1, 0.15) is 11.8 Å². The Morgan fingerprint density at radius 1 is 1.13 bits per heavy atom. The van der Waals surface area contributed by atoms with Gasteiger partial charge in [-0.25, -0.2) is 14.5 Å². The van der Waals surface area contributed by atoms with Gasteiger partial charge in [0.25, 0.3) is 5.91 Å². The minimum Gasteiger partial charge on any atom is -0.459 e. The molecule has 1 aliphatic heterocycles. The van der Waals surface area contributed by atoms with Crippen molar-refractivity contribution < 1.29 is 19.1 Å². The molecule has 0 aromatic heterocycles. The van der Waals surface area contributed by atoms with Crippen molar-refractivity contribution >= 4 is 23.6 Å². The lowest BCUT2D eigenvalue weighted by Gasteiger charge is -2.21. The fraction of sp³-hybridized carbons (Fsp3) is 0.353. The average Bonchev–Trinajstić information content (AvgIpc) is 2.83. The second-order valence-electron chi connectivity index (χ2n) is 5.66. The van der Waals surface area contributed by atoms with Crippen LogP contribution in [-0.2, 0) is 14.3 Å². The molecule has 1 N–H and O–H groups in total. The SMILES string of the molecule is O=C(/C=C1\NC(=O)N(c2ccccc2)C1=O)OC1CCCCC1. The van der Waals surface area contributed by atoms with Crippen molar-refractivity contribution in [1.82, 2.24) is 5.32 Å². The van der Waals surface area contributed by atoms with Gasteiger partial charge in [0.05, 0.1) is 11.8 Å². The maximum absolute atomic E-state index is 12.3. The van der Waals surface area contributed by atoms with Gasteiger partial charge in [-0.05, 0) is 37.8 Å². The van der Waals surface area contributed by atoms with Crippen LogP contribution in [0.3, 0.4) is 0 Å². The highest BCUT2D eigenvalue weighted by Gasteiger charge is 2.35. The summed E-state index contributed by atoms with van der Waals surface area (Å²) in [5.74, 6) is -1.14. The lowest BCUT2D eigenvalue weighted by atomic mass is 9.98. The third kappa shape index (κ3) is 3.41. The summed E-state index contributed by atoms with van der Waals surface area (Å²) in [6.07, 6.45) is 5.94. The number of hydrogen-bond acceptors (Lipinski definition) is 4. The number of carbonyl (C=O) groups excluding carboxylic acids is 3. The Labute approximate surface area is 134 Å². The van der Waals surface area contributed by atoms with Gasteiger partial charge in [0.15, 0.2) is 0 Å². The van der Waals surface area contributed by atoms with Crippen LogP contribution in [0.4, 0.5) is 10.5 Å². The zero-order valence-corrected chi connectivity index (χ0v) is 12.7. The molecule has 1 saturated carbocycles. The van der Waals surface area contributed by atoms with E-state index < -0.39 is 17.9 Å². The molecule has 3 rings (SSSR count). The van der Waals surface area contributed by atoms with E-state index in [9.17, 15) is 14.4 Å². The van der Waals surface area contributed by atoms with Crippen LogP contribution in [0.5, 0.6) is 0 Å². The third-order valence-electron chi connectivity index (χ3n) is 3.99. The molecule has 1 saturated heterocycles. The number of rotatable bonds is 3. The van der Waals surface area contributed by atoms with Crippen LogP contribution >= 0.6 is 0 Å². The van der Waals surface area contributed by atoms with Gasteiger partial charge < -0.3 is 10.1 Å². The summed E-state index contributed by atoms with van der Waals surface area (Å²) in [5.41, 5.74) is 0.402. The summed E-state index contributed by atoms with van der Waals surface area (Å²) in [7, 11) is 0. The molecule has 1 aromatic rings. The summed E-state index contributed by atoms with van der Waals surface area (Å²) in [6.45, 7) is 0. The summed E-state index contributed by atoms with van der Waals surface area (Å²) in [6, 6.07) is 7.99. The van der Waals surface area contributed by atoms with E-state index in [-0.39, 0.29) is 11.8 Å². The highest BCUT2D eigenvalue weighted by Crippen LogP contribution is 2.22. The molecular formula is C17H18N2O4. The molecule has 3 amide bonds. The summed E-state index contributed by atoms with van der Waals surface area (Å²) in [5, 5.41) is 2.42. The topological polar surface area (TPSA) is 75.7 Å². The minimum atomic E-state index is -0.588. The van der Waals surface area contributed by atoms with E-state index >= 15 is 0 Å². The molecule has 6 heteroatoms. The fourth-order valence-electron chi connectivity index (χ4n) is 2.85. The van der Waals surface area contributed by atoms with E-state index in [1.54, 1.807) is 30.3 Å². The van der Waals surface area contributed by atoms with Crippen LogP contribution in [0.2, 0.25) is 0 Å². The molecule has 2 fully saturated rings. The largest absolute Gasteiger partial charge is 0.459 e. The van der Waals surface area contributed by atoms with Crippen LogP contribution < -0.4 is 10.2 Å². The van der Waals surface area contributed by atoms with Gasteiger partial charge in [-0.3, -0.25) is 4.79 Å². The number of ether oxygens (including phenoxy) is 1. The number of imide groups is 1. The smallest absolute Gasteiger partial charge is 0.333 e. The van der Waals surface area contributed by atoms with Gasteiger partial charge in [0, 0.05) is 0 Å². The van der Waals surface area contributed by atoms with E-state index in [2.05, 4.69) is 5.32 Å². The molecule has 6 nitrogen and oxygen atoms in total. The van der Waals surface area contributed by atoms with Crippen molar-refractivity contribution in [3.63, 3.8) is 0 Å². The Morgan fingerprint density at radius 2 is 1.83 bits per heavy atom. The Hall–Kier alpha value is -2.63. The van der Waals surface area contributed by atoms with Crippen molar-refractivity contribution in [3.05, 3.63) is 42.1 Å². The molecular weight excluding hydrogens is 296 g/mol. The zero-order valence-electron chi connectivity index (χ0n) is 12.7. The number of urea groups is 1. The Morgan fingerprint density at radius 3 is 2.52 bits per heavy atom. The van der Waals surface area contributed by atoms with Crippen molar-refractivity contribution in [2.24, 2.45) is 0 Å². The third-order valence-corrected chi connectivity index (χ3v) is 3.99. The maximum Gasteiger partial charge on any atom is 0.333 e. The second-order valence-corrected chi connectivity index (χ2v) is 5.66. The van der Waals surface area contributed by atoms with Gasteiger partial charge in [-0.2, -0.15) is 0 Å². The highest BCUT2D eigenvalue weighted by molar-refractivity contribution is 6.27.